The van der Waals surface area contributed by atoms with Crippen LogP contribution in [0.1, 0.15) is 10.7 Å². The van der Waals surface area contributed by atoms with Crippen LogP contribution in [-0.2, 0) is 6.54 Å². The smallest absolute Gasteiger partial charge is 0.153 e. The van der Waals surface area contributed by atoms with Crippen molar-refractivity contribution < 1.29 is 0 Å². The van der Waals surface area contributed by atoms with Gasteiger partial charge in [0.15, 0.2) is 5.82 Å². The van der Waals surface area contributed by atoms with Crippen LogP contribution in [0, 0.1) is 6.92 Å². The minimum absolute atomic E-state index is 0.716. The third kappa shape index (κ3) is 3.25. The highest BCUT2D eigenvalue weighted by atomic mass is 79.9. The van der Waals surface area contributed by atoms with Crippen molar-refractivity contribution in [3.05, 3.63) is 49.8 Å². The first-order valence-corrected chi connectivity index (χ1v) is 8.15. The Hall–Kier alpha value is -1.44. The molecule has 0 unspecified atom stereocenters. The molecule has 108 valence electrons. The second kappa shape index (κ2) is 6.13. The van der Waals surface area contributed by atoms with E-state index in [1.54, 1.807) is 16.0 Å². The largest absolute Gasteiger partial charge is 0.380 e. The average Bonchev–Trinajstić information content (AvgIpc) is 3.03. The van der Waals surface area contributed by atoms with Gasteiger partial charge in [0, 0.05) is 21.6 Å². The SMILES string of the molecule is Cc1nnnn1-c1cccc(NCc2cc(Br)c(Cl)s2)c1. The van der Waals surface area contributed by atoms with Gasteiger partial charge in [0.05, 0.1) is 5.69 Å². The molecule has 2 heterocycles. The fourth-order valence-electron chi connectivity index (χ4n) is 1.89. The van der Waals surface area contributed by atoms with Crippen LogP contribution >= 0.6 is 38.9 Å². The van der Waals surface area contributed by atoms with Crippen LogP contribution < -0.4 is 5.32 Å². The summed E-state index contributed by atoms with van der Waals surface area (Å²) in [5.41, 5.74) is 1.93. The topological polar surface area (TPSA) is 55.6 Å². The summed E-state index contributed by atoms with van der Waals surface area (Å²) >= 11 is 11.0. The lowest BCUT2D eigenvalue weighted by molar-refractivity contribution is 0.779. The minimum atomic E-state index is 0.716. The van der Waals surface area contributed by atoms with Crippen molar-refractivity contribution in [1.29, 1.82) is 0 Å². The summed E-state index contributed by atoms with van der Waals surface area (Å²) in [6.07, 6.45) is 0. The molecule has 0 aliphatic carbocycles. The number of thiophene rings is 1. The number of aromatic nitrogens is 4. The Morgan fingerprint density at radius 3 is 2.90 bits per heavy atom. The molecule has 21 heavy (non-hydrogen) atoms. The number of anilines is 1. The first-order chi connectivity index (χ1) is 10.1. The van der Waals surface area contributed by atoms with Crippen LogP contribution in [0.5, 0.6) is 0 Å². The van der Waals surface area contributed by atoms with Gasteiger partial charge in [-0.25, -0.2) is 0 Å². The maximum atomic E-state index is 6.04. The molecule has 0 amide bonds. The highest BCUT2D eigenvalue weighted by Gasteiger charge is 2.06. The summed E-state index contributed by atoms with van der Waals surface area (Å²) in [5.74, 6) is 0.751. The summed E-state index contributed by atoms with van der Waals surface area (Å²) in [7, 11) is 0. The van der Waals surface area contributed by atoms with Gasteiger partial charge in [-0.3, -0.25) is 0 Å². The predicted molar refractivity (Wildman–Crippen MR) is 88.2 cm³/mol. The summed E-state index contributed by atoms with van der Waals surface area (Å²) in [5, 5.41) is 14.9. The number of rotatable bonds is 4. The molecule has 0 atom stereocenters. The van der Waals surface area contributed by atoms with Crippen LogP contribution in [0.3, 0.4) is 0 Å². The van der Waals surface area contributed by atoms with Crippen molar-refractivity contribution in [3.8, 4) is 5.69 Å². The van der Waals surface area contributed by atoms with Crippen LogP contribution in [0.25, 0.3) is 5.69 Å². The van der Waals surface area contributed by atoms with E-state index in [1.165, 1.54) is 0 Å². The second-order valence-corrected chi connectivity index (χ2v) is 6.97. The van der Waals surface area contributed by atoms with Crippen molar-refractivity contribution in [2.75, 3.05) is 5.32 Å². The molecule has 3 aromatic rings. The first-order valence-electron chi connectivity index (χ1n) is 6.16. The average molecular weight is 385 g/mol. The van der Waals surface area contributed by atoms with Gasteiger partial charge >= 0.3 is 0 Å². The predicted octanol–water partition coefficient (Wildman–Crippen LogP) is 4.06. The van der Waals surface area contributed by atoms with Crippen molar-refractivity contribution in [2.24, 2.45) is 0 Å². The molecule has 5 nitrogen and oxygen atoms in total. The third-order valence-electron chi connectivity index (χ3n) is 2.88. The minimum Gasteiger partial charge on any atom is -0.380 e. The highest BCUT2D eigenvalue weighted by molar-refractivity contribution is 9.10. The number of hydrogen-bond donors (Lipinski definition) is 1. The zero-order valence-corrected chi connectivity index (χ0v) is 14.2. The number of nitrogens with zero attached hydrogens (tertiary/aromatic N) is 4. The van der Waals surface area contributed by atoms with Crippen molar-refractivity contribution in [3.63, 3.8) is 0 Å². The van der Waals surface area contributed by atoms with Gasteiger partial charge in [-0.05, 0) is 57.5 Å². The number of nitrogens with one attached hydrogen (secondary N) is 1. The van der Waals surface area contributed by atoms with Gasteiger partial charge in [0.1, 0.15) is 4.34 Å². The lowest BCUT2D eigenvalue weighted by Crippen LogP contribution is -2.02. The van der Waals surface area contributed by atoms with Crippen molar-refractivity contribution >= 4 is 44.6 Å². The Bertz CT molecular complexity index is 750. The molecule has 0 bridgehead atoms. The Labute approximate surface area is 139 Å². The summed E-state index contributed by atoms with van der Waals surface area (Å²) in [6.45, 7) is 2.58. The fourth-order valence-corrected chi connectivity index (χ4v) is 3.62. The van der Waals surface area contributed by atoms with Crippen LogP contribution in [0.2, 0.25) is 4.34 Å². The van der Waals surface area contributed by atoms with Crippen molar-refractivity contribution in [2.45, 2.75) is 13.5 Å². The van der Waals surface area contributed by atoms with E-state index in [1.807, 2.05) is 37.3 Å². The molecule has 0 spiro atoms. The number of benzene rings is 1. The van der Waals surface area contributed by atoms with Crippen LogP contribution in [0.4, 0.5) is 5.69 Å². The standard InChI is InChI=1S/C13H11BrClN5S/c1-8-17-18-19-20(8)10-4-2-3-9(5-10)16-7-11-6-12(14)13(15)21-11/h2-6,16H,7H2,1H3. The summed E-state index contributed by atoms with van der Waals surface area (Å²) in [6, 6.07) is 9.97. The molecule has 2 aromatic heterocycles. The number of halogens is 2. The molecule has 1 N–H and O–H groups in total. The Balaban J connectivity index is 1.76. The third-order valence-corrected chi connectivity index (χ3v) is 5.35. The first kappa shape index (κ1) is 14.5. The fraction of sp³-hybridized carbons (Fsp3) is 0.154. The zero-order chi connectivity index (χ0) is 14.8. The number of tetrazole rings is 1. The zero-order valence-electron chi connectivity index (χ0n) is 11.0. The molecule has 3 rings (SSSR count). The van der Waals surface area contributed by atoms with Gasteiger partial charge < -0.3 is 5.32 Å². The van der Waals surface area contributed by atoms with Gasteiger partial charge in [0.25, 0.3) is 0 Å². The van der Waals surface area contributed by atoms with E-state index in [4.69, 9.17) is 11.6 Å². The molecule has 0 saturated heterocycles. The van der Waals surface area contributed by atoms with Gasteiger partial charge in [-0.1, -0.05) is 17.7 Å². The lowest BCUT2D eigenvalue weighted by atomic mass is 10.2. The molecule has 8 heteroatoms. The Morgan fingerprint density at radius 2 is 2.24 bits per heavy atom. The van der Waals surface area contributed by atoms with E-state index in [9.17, 15) is 0 Å². The molecule has 1 aromatic carbocycles. The van der Waals surface area contributed by atoms with E-state index in [2.05, 4.69) is 36.8 Å². The van der Waals surface area contributed by atoms with Crippen LogP contribution in [0.15, 0.2) is 34.8 Å². The second-order valence-electron chi connectivity index (χ2n) is 4.38. The van der Waals surface area contributed by atoms with E-state index in [0.29, 0.717) is 6.54 Å². The van der Waals surface area contributed by atoms with Crippen molar-refractivity contribution in [1.82, 2.24) is 20.2 Å². The van der Waals surface area contributed by atoms with E-state index < -0.39 is 0 Å². The maximum absolute atomic E-state index is 6.04. The normalized spacial score (nSPS) is 10.8. The lowest BCUT2D eigenvalue weighted by Gasteiger charge is -2.07. The molecule has 0 fully saturated rings. The summed E-state index contributed by atoms with van der Waals surface area (Å²) < 4.78 is 3.40. The monoisotopic (exact) mass is 383 g/mol. The van der Waals surface area contributed by atoms with E-state index in [0.717, 1.165) is 30.9 Å². The number of hydrogen-bond acceptors (Lipinski definition) is 5. The Morgan fingerprint density at radius 1 is 1.38 bits per heavy atom. The van der Waals surface area contributed by atoms with Gasteiger partial charge in [-0.2, -0.15) is 4.68 Å². The molecular weight excluding hydrogens is 374 g/mol. The molecule has 0 aliphatic heterocycles. The molecule has 0 radical (unpaired) electrons. The number of aryl methyl sites for hydroxylation is 1. The van der Waals surface area contributed by atoms with E-state index >= 15 is 0 Å². The quantitative estimate of drug-likeness (QED) is 0.737. The van der Waals surface area contributed by atoms with Gasteiger partial charge in [-0.15, -0.1) is 16.4 Å². The highest BCUT2D eigenvalue weighted by Crippen LogP contribution is 2.32. The molecule has 0 saturated carbocycles. The van der Waals surface area contributed by atoms with Crippen LogP contribution in [-0.4, -0.2) is 20.2 Å². The molecule has 0 aliphatic rings. The van der Waals surface area contributed by atoms with E-state index in [-0.39, 0.29) is 0 Å². The van der Waals surface area contributed by atoms with Gasteiger partial charge in [0.2, 0.25) is 0 Å². The Kier molecular flexibility index (Phi) is 4.23. The summed E-state index contributed by atoms with van der Waals surface area (Å²) in [4.78, 5) is 1.16. The maximum Gasteiger partial charge on any atom is 0.153 e. The molecular formula is C13H11BrClN5S.